The minimum absolute atomic E-state index is 0.236. The first kappa shape index (κ1) is 10.8. The summed E-state index contributed by atoms with van der Waals surface area (Å²) in [6.45, 7) is 0.904. The summed E-state index contributed by atoms with van der Waals surface area (Å²) in [6, 6.07) is 7.64. The standard InChI is InChI=1S/C10H15NO3/c1-13-10-4-2-3-9(7-10)11-5-6-14-8-12/h2-4,7,11-12H,5-6,8H2,1H3. The van der Waals surface area contributed by atoms with Crippen molar-refractivity contribution in [2.75, 3.05) is 32.4 Å². The number of benzene rings is 1. The van der Waals surface area contributed by atoms with Gasteiger partial charge in [-0.25, -0.2) is 0 Å². The third kappa shape index (κ3) is 3.64. The van der Waals surface area contributed by atoms with Gasteiger partial charge in [-0.15, -0.1) is 0 Å². The van der Waals surface area contributed by atoms with Crippen LogP contribution in [-0.4, -0.2) is 32.2 Å². The molecule has 0 aliphatic carbocycles. The minimum Gasteiger partial charge on any atom is -0.497 e. The first-order valence-corrected chi connectivity index (χ1v) is 4.43. The zero-order valence-electron chi connectivity index (χ0n) is 8.19. The van der Waals surface area contributed by atoms with Crippen LogP contribution >= 0.6 is 0 Å². The summed E-state index contributed by atoms with van der Waals surface area (Å²) in [7, 11) is 1.63. The number of ether oxygens (including phenoxy) is 2. The van der Waals surface area contributed by atoms with E-state index in [-0.39, 0.29) is 6.79 Å². The lowest BCUT2D eigenvalue weighted by Crippen LogP contribution is -2.09. The number of hydrogen-bond donors (Lipinski definition) is 2. The van der Waals surface area contributed by atoms with E-state index in [0.717, 1.165) is 11.4 Å². The molecule has 0 aromatic heterocycles. The fraction of sp³-hybridized carbons (Fsp3) is 0.400. The van der Waals surface area contributed by atoms with Gasteiger partial charge in [0.2, 0.25) is 0 Å². The van der Waals surface area contributed by atoms with Crippen molar-refractivity contribution in [1.82, 2.24) is 0 Å². The lowest BCUT2D eigenvalue weighted by atomic mass is 10.3. The fourth-order valence-electron chi connectivity index (χ4n) is 1.07. The van der Waals surface area contributed by atoms with E-state index in [1.165, 1.54) is 0 Å². The molecule has 0 saturated carbocycles. The SMILES string of the molecule is COc1cccc(NCCOCO)c1. The van der Waals surface area contributed by atoms with Crippen molar-refractivity contribution in [3.05, 3.63) is 24.3 Å². The molecule has 78 valence electrons. The molecule has 0 amide bonds. The maximum absolute atomic E-state index is 8.38. The Kier molecular flexibility index (Phi) is 4.82. The zero-order valence-corrected chi connectivity index (χ0v) is 8.19. The quantitative estimate of drug-likeness (QED) is 0.529. The van der Waals surface area contributed by atoms with E-state index in [1.54, 1.807) is 7.11 Å². The van der Waals surface area contributed by atoms with Gasteiger partial charge in [0, 0.05) is 18.3 Å². The van der Waals surface area contributed by atoms with Gasteiger partial charge >= 0.3 is 0 Å². The van der Waals surface area contributed by atoms with Crippen LogP contribution in [0.4, 0.5) is 5.69 Å². The number of hydrogen-bond acceptors (Lipinski definition) is 4. The molecule has 2 N–H and O–H groups in total. The van der Waals surface area contributed by atoms with Gasteiger partial charge in [0.05, 0.1) is 13.7 Å². The van der Waals surface area contributed by atoms with Crippen LogP contribution in [-0.2, 0) is 4.74 Å². The first-order valence-electron chi connectivity index (χ1n) is 4.43. The molecule has 0 saturated heterocycles. The summed E-state index contributed by atoms with van der Waals surface area (Å²) in [6.07, 6.45) is 0. The van der Waals surface area contributed by atoms with Crippen LogP contribution < -0.4 is 10.1 Å². The molecule has 0 aliphatic heterocycles. The smallest absolute Gasteiger partial charge is 0.143 e. The third-order valence-electron chi connectivity index (χ3n) is 1.74. The second-order valence-electron chi connectivity index (χ2n) is 2.70. The minimum atomic E-state index is -0.236. The van der Waals surface area contributed by atoms with Gasteiger partial charge in [0.25, 0.3) is 0 Å². The highest BCUT2D eigenvalue weighted by molar-refractivity contribution is 5.47. The van der Waals surface area contributed by atoms with Gasteiger partial charge in [0.15, 0.2) is 0 Å². The van der Waals surface area contributed by atoms with E-state index < -0.39 is 0 Å². The maximum Gasteiger partial charge on any atom is 0.143 e. The molecule has 1 rings (SSSR count). The molecule has 0 unspecified atom stereocenters. The van der Waals surface area contributed by atoms with Gasteiger partial charge in [-0.1, -0.05) is 6.07 Å². The molecule has 4 nitrogen and oxygen atoms in total. The summed E-state index contributed by atoms with van der Waals surface area (Å²) in [5, 5.41) is 11.5. The molecule has 0 atom stereocenters. The monoisotopic (exact) mass is 197 g/mol. The Balaban J connectivity index is 2.34. The summed E-state index contributed by atoms with van der Waals surface area (Å²) < 4.78 is 9.84. The van der Waals surface area contributed by atoms with E-state index in [0.29, 0.717) is 13.2 Å². The zero-order chi connectivity index (χ0) is 10.2. The van der Waals surface area contributed by atoms with Crippen molar-refractivity contribution in [3.8, 4) is 5.75 Å². The number of nitrogens with one attached hydrogen (secondary N) is 1. The van der Waals surface area contributed by atoms with Gasteiger partial charge in [-0.2, -0.15) is 0 Å². The summed E-state index contributed by atoms with van der Waals surface area (Å²) in [5.74, 6) is 0.818. The number of methoxy groups -OCH3 is 1. The van der Waals surface area contributed by atoms with Crippen molar-refractivity contribution in [3.63, 3.8) is 0 Å². The van der Waals surface area contributed by atoms with Crippen LogP contribution in [0.25, 0.3) is 0 Å². The summed E-state index contributed by atoms with van der Waals surface area (Å²) in [4.78, 5) is 0. The van der Waals surface area contributed by atoms with Crippen LogP contribution in [0.15, 0.2) is 24.3 Å². The number of aliphatic hydroxyl groups excluding tert-OH is 1. The fourth-order valence-corrected chi connectivity index (χ4v) is 1.07. The third-order valence-corrected chi connectivity index (χ3v) is 1.74. The predicted molar refractivity (Wildman–Crippen MR) is 54.5 cm³/mol. The van der Waals surface area contributed by atoms with E-state index >= 15 is 0 Å². The van der Waals surface area contributed by atoms with Gasteiger partial charge in [-0.3, -0.25) is 0 Å². The van der Waals surface area contributed by atoms with E-state index in [9.17, 15) is 0 Å². The van der Waals surface area contributed by atoms with Crippen LogP contribution in [0.1, 0.15) is 0 Å². The Morgan fingerprint density at radius 3 is 3.00 bits per heavy atom. The molecule has 4 heteroatoms. The Labute approximate surface area is 83.5 Å². The maximum atomic E-state index is 8.38. The second kappa shape index (κ2) is 6.23. The van der Waals surface area contributed by atoms with Gasteiger partial charge in [0.1, 0.15) is 12.5 Å². The molecule has 1 aromatic rings. The average molecular weight is 197 g/mol. The second-order valence-corrected chi connectivity index (χ2v) is 2.70. The molecule has 0 aliphatic rings. The molecule has 14 heavy (non-hydrogen) atoms. The highest BCUT2D eigenvalue weighted by atomic mass is 16.6. The number of anilines is 1. The number of aliphatic hydroxyl groups is 1. The van der Waals surface area contributed by atoms with E-state index in [4.69, 9.17) is 14.6 Å². The highest BCUT2D eigenvalue weighted by Gasteiger charge is 1.94. The van der Waals surface area contributed by atoms with Crippen LogP contribution in [0.2, 0.25) is 0 Å². The molecule has 0 heterocycles. The molecule has 0 bridgehead atoms. The topological polar surface area (TPSA) is 50.7 Å². The molecular formula is C10H15NO3. The van der Waals surface area contributed by atoms with Crippen molar-refractivity contribution >= 4 is 5.69 Å². The van der Waals surface area contributed by atoms with Crippen molar-refractivity contribution in [1.29, 1.82) is 0 Å². The molecule has 0 spiro atoms. The Morgan fingerprint density at radius 2 is 2.29 bits per heavy atom. The van der Waals surface area contributed by atoms with Crippen molar-refractivity contribution < 1.29 is 14.6 Å². The average Bonchev–Trinajstić information content (AvgIpc) is 2.25. The normalized spacial score (nSPS) is 9.86. The summed E-state index contributed by atoms with van der Waals surface area (Å²) >= 11 is 0. The van der Waals surface area contributed by atoms with Crippen molar-refractivity contribution in [2.45, 2.75) is 0 Å². The number of rotatable bonds is 6. The Bertz CT molecular complexity index is 265. The molecular weight excluding hydrogens is 182 g/mol. The van der Waals surface area contributed by atoms with E-state index in [2.05, 4.69) is 5.32 Å². The van der Waals surface area contributed by atoms with Gasteiger partial charge in [-0.05, 0) is 12.1 Å². The predicted octanol–water partition coefficient (Wildman–Crippen LogP) is 1.07. The van der Waals surface area contributed by atoms with Crippen LogP contribution in [0.3, 0.4) is 0 Å². The molecule has 1 aromatic carbocycles. The van der Waals surface area contributed by atoms with E-state index in [1.807, 2.05) is 24.3 Å². The molecule has 0 fully saturated rings. The van der Waals surface area contributed by atoms with Gasteiger partial charge < -0.3 is 19.9 Å². The largest absolute Gasteiger partial charge is 0.497 e. The van der Waals surface area contributed by atoms with Crippen LogP contribution in [0.5, 0.6) is 5.75 Å². The lowest BCUT2D eigenvalue weighted by molar-refractivity contribution is 0.00379. The Morgan fingerprint density at radius 1 is 1.43 bits per heavy atom. The first-order chi connectivity index (χ1) is 6.86. The van der Waals surface area contributed by atoms with Crippen molar-refractivity contribution in [2.24, 2.45) is 0 Å². The van der Waals surface area contributed by atoms with Crippen LogP contribution in [0, 0.1) is 0 Å². The Hall–Kier alpha value is -1.26. The lowest BCUT2D eigenvalue weighted by Gasteiger charge is -2.07. The highest BCUT2D eigenvalue weighted by Crippen LogP contribution is 2.16. The summed E-state index contributed by atoms with van der Waals surface area (Å²) in [5.41, 5.74) is 0.978. The molecule has 0 radical (unpaired) electrons.